The first-order valence-corrected chi connectivity index (χ1v) is 8.79. The summed E-state index contributed by atoms with van der Waals surface area (Å²) in [6, 6.07) is 12.4. The number of carbonyl (C=O) groups is 1. The maximum atomic E-state index is 14.2. The summed E-state index contributed by atoms with van der Waals surface area (Å²) in [6.07, 6.45) is 5.26. The summed E-state index contributed by atoms with van der Waals surface area (Å²) in [5.41, 5.74) is 3.93. The van der Waals surface area contributed by atoms with Crippen molar-refractivity contribution in [2.75, 3.05) is 6.54 Å². The molecule has 0 N–H and O–H groups in total. The van der Waals surface area contributed by atoms with E-state index in [2.05, 4.69) is 17.1 Å². The van der Waals surface area contributed by atoms with Gasteiger partial charge in [-0.1, -0.05) is 25.1 Å². The van der Waals surface area contributed by atoms with Crippen LogP contribution in [0.4, 0.5) is 4.39 Å². The molecule has 2 aromatic carbocycles. The lowest BCUT2D eigenvalue weighted by molar-refractivity contribution is -0.105. The molecule has 1 aliphatic rings. The second-order valence-corrected chi connectivity index (χ2v) is 6.35. The molecular weight excluding hydrogens is 339 g/mol. The SMILES string of the molecule is CC/C(C=O)=C\C(=C(/C)c1ccc2c(c1)=CCN=2)c1ccc(C#N)c(F)c1. The molecule has 3 nitrogen and oxygen atoms in total. The highest BCUT2D eigenvalue weighted by Gasteiger charge is 2.11. The van der Waals surface area contributed by atoms with Crippen molar-refractivity contribution in [3.63, 3.8) is 0 Å². The van der Waals surface area contributed by atoms with Gasteiger partial charge in [0.15, 0.2) is 0 Å². The first-order valence-electron chi connectivity index (χ1n) is 8.79. The summed E-state index contributed by atoms with van der Waals surface area (Å²) in [5.74, 6) is -0.570. The summed E-state index contributed by atoms with van der Waals surface area (Å²) in [5, 5.41) is 11.0. The molecule has 134 valence electrons. The van der Waals surface area contributed by atoms with Crippen LogP contribution in [-0.4, -0.2) is 12.8 Å². The van der Waals surface area contributed by atoms with E-state index in [1.807, 2.05) is 32.0 Å². The van der Waals surface area contributed by atoms with Crippen molar-refractivity contribution in [3.8, 4) is 6.07 Å². The van der Waals surface area contributed by atoms with Crippen LogP contribution in [0.1, 0.15) is 37.0 Å². The Hall–Kier alpha value is -3.32. The number of nitriles is 1. The molecule has 0 atom stereocenters. The number of allylic oxidation sites excluding steroid dienone is 4. The minimum Gasteiger partial charge on any atom is -0.298 e. The van der Waals surface area contributed by atoms with Crippen molar-refractivity contribution in [3.05, 3.63) is 81.1 Å². The van der Waals surface area contributed by atoms with E-state index in [-0.39, 0.29) is 5.56 Å². The average Bonchev–Trinajstić information content (AvgIpc) is 3.16. The lowest BCUT2D eigenvalue weighted by Crippen LogP contribution is -2.21. The molecule has 27 heavy (non-hydrogen) atoms. The van der Waals surface area contributed by atoms with E-state index in [9.17, 15) is 9.18 Å². The zero-order valence-electron chi connectivity index (χ0n) is 15.3. The van der Waals surface area contributed by atoms with Crippen molar-refractivity contribution >= 4 is 23.5 Å². The van der Waals surface area contributed by atoms with E-state index in [4.69, 9.17) is 5.26 Å². The van der Waals surface area contributed by atoms with E-state index >= 15 is 0 Å². The smallest absolute Gasteiger partial charge is 0.146 e. The van der Waals surface area contributed by atoms with Crippen molar-refractivity contribution in [1.29, 1.82) is 5.26 Å². The van der Waals surface area contributed by atoms with Crippen LogP contribution >= 0.6 is 0 Å². The molecule has 1 aliphatic heterocycles. The maximum Gasteiger partial charge on any atom is 0.146 e. The van der Waals surface area contributed by atoms with Gasteiger partial charge in [0.1, 0.15) is 18.2 Å². The largest absolute Gasteiger partial charge is 0.298 e. The van der Waals surface area contributed by atoms with Crippen LogP contribution in [0.2, 0.25) is 0 Å². The average molecular weight is 358 g/mol. The molecule has 4 heteroatoms. The second kappa shape index (κ2) is 7.92. The van der Waals surface area contributed by atoms with Gasteiger partial charge >= 0.3 is 0 Å². The van der Waals surface area contributed by atoms with Crippen molar-refractivity contribution in [2.24, 2.45) is 4.99 Å². The van der Waals surface area contributed by atoms with Crippen molar-refractivity contribution in [2.45, 2.75) is 20.3 Å². The number of rotatable bonds is 5. The van der Waals surface area contributed by atoms with Gasteiger partial charge in [-0.2, -0.15) is 5.26 Å². The number of halogens is 1. The summed E-state index contributed by atoms with van der Waals surface area (Å²) >= 11 is 0. The molecule has 0 fully saturated rings. The molecule has 0 aromatic heterocycles. The van der Waals surface area contributed by atoms with Crippen LogP contribution < -0.4 is 10.6 Å². The Morgan fingerprint density at radius 1 is 1.26 bits per heavy atom. The Bertz CT molecular complexity index is 1130. The van der Waals surface area contributed by atoms with E-state index < -0.39 is 5.82 Å². The monoisotopic (exact) mass is 358 g/mol. The summed E-state index contributed by atoms with van der Waals surface area (Å²) in [7, 11) is 0. The summed E-state index contributed by atoms with van der Waals surface area (Å²) in [6.45, 7) is 4.53. The third-order valence-electron chi connectivity index (χ3n) is 4.73. The molecule has 1 heterocycles. The Balaban J connectivity index is 2.23. The first-order chi connectivity index (χ1) is 13.1. The predicted molar refractivity (Wildman–Crippen MR) is 105 cm³/mol. The minimum absolute atomic E-state index is 0.000391. The van der Waals surface area contributed by atoms with Gasteiger partial charge in [0, 0.05) is 0 Å². The van der Waals surface area contributed by atoms with Gasteiger partial charge in [-0.15, -0.1) is 0 Å². The predicted octanol–water partition coefficient (Wildman–Crippen LogP) is 3.58. The zero-order chi connectivity index (χ0) is 19.4. The zero-order valence-corrected chi connectivity index (χ0v) is 15.3. The standard InChI is InChI=1S/C23H19FN2O/c1-3-16(14-27)10-21(18-4-5-20(13-25)22(24)12-18)15(2)17-6-7-23-19(11-17)8-9-26-23/h4-8,10-12,14H,3,9H2,1-2H3/b16-10+,21-15-. The van der Waals surface area contributed by atoms with Gasteiger partial charge in [0.25, 0.3) is 0 Å². The number of carbonyl (C=O) groups excluding carboxylic acids is 1. The number of hydrogen-bond acceptors (Lipinski definition) is 3. The van der Waals surface area contributed by atoms with Crippen LogP contribution in [0.3, 0.4) is 0 Å². The van der Waals surface area contributed by atoms with Crippen molar-refractivity contribution < 1.29 is 9.18 Å². The van der Waals surface area contributed by atoms with E-state index in [1.165, 1.54) is 12.1 Å². The molecule has 3 rings (SSSR count). The summed E-state index contributed by atoms with van der Waals surface area (Å²) < 4.78 is 14.2. The third kappa shape index (κ3) is 3.78. The Labute approximate surface area is 157 Å². The lowest BCUT2D eigenvalue weighted by atomic mass is 9.92. The maximum absolute atomic E-state index is 14.2. The van der Waals surface area contributed by atoms with Crippen LogP contribution in [0, 0.1) is 17.1 Å². The van der Waals surface area contributed by atoms with E-state index in [1.54, 1.807) is 12.1 Å². The van der Waals surface area contributed by atoms with E-state index in [0.29, 0.717) is 24.1 Å². The number of nitrogens with zero attached hydrogens (tertiary/aromatic N) is 2. The fourth-order valence-corrected chi connectivity index (χ4v) is 3.08. The van der Waals surface area contributed by atoms with Crippen LogP contribution in [-0.2, 0) is 4.79 Å². The van der Waals surface area contributed by atoms with Crippen LogP contribution in [0.25, 0.3) is 17.2 Å². The highest BCUT2D eigenvalue weighted by Crippen LogP contribution is 2.29. The van der Waals surface area contributed by atoms with E-state index in [0.717, 1.165) is 33.6 Å². The van der Waals surface area contributed by atoms with Gasteiger partial charge in [-0.05, 0) is 76.8 Å². The molecule has 0 spiro atoms. The molecule has 0 aliphatic carbocycles. The molecule has 0 saturated heterocycles. The summed E-state index contributed by atoms with van der Waals surface area (Å²) in [4.78, 5) is 15.8. The number of hydrogen-bond donors (Lipinski definition) is 0. The molecular formula is C23H19FN2O. The Morgan fingerprint density at radius 3 is 2.70 bits per heavy atom. The number of benzene rings is 2. The fourth-order valence-electron chi connectivity index (χ4n) is 3.08. The number of aldehydes is 1. The molecule has 0 bridgehead atoms. The Morgan fingerprint density at radius 2 is 2.04 bits per heavy atom. The van der Waals surface area contributed by atoms with Crippen LogP contribution in [0.5, 0.6) is 0 Å². The number of fused-ring (bicyclic) bond motifs is 1. The highest BCUT2D eigenvalue weighted by atomic mass is 19.1. The molecule has 0 unspecified atom stereocenters. The van der Waals surface area contributed by atoms with Gasteiger partial charge in [0.2, 0.25) is 0 Å². The highest BCUT2D eigenvalue weighted by molar-refractivity contribution is 5.97. The lowest BCUT2D eigenvalue weighted by Gasteiger charge is -2.12. The van der Waals surface area contributed by atoms with Gasteiger partial charge in [0.05, 0.1) is 17.5 Å². The molecule has 0 saturated carbocycles. The van der Waals surface area contributed by atoms with Crippen molar-refractivity contribution in [1.82, 2.24) is 0 Å². The molecule has 2 aromatic rings. The third-order valence-corrected chi connectivity index (χ3v) is 4.73. The Kier molecular flexibility index (Phi) is 5.42. The topological polar surface area (TPSA) is 53.2 Å². The first kappa shape index (κ1) is 18.5. The molecule has 0 amide bonds. The second-order valence-electron chi connectivity index (χ2n) is 6.35. The van der Waals surface area contributed by atoms with Gasteiger partial charge in [-0.3, -0.25) is 9.79 Å². The van der Waals surface area contributed by atoms with Crippen LogP contribution in [0.15, 0.2) is 53.0 Å². The quantitative estimate of drug-likeness (QED) is 0.355. The minimum atomic E-state index is -0.570. The van der Waals surface area contributed by atoms with Gasteiger partial charge < -0.3 is 0 Å². The normalized spacial score (nSPS) is 13.8. The van der Waals surface area contributed by atoms with Gasteiger partial charge in [-0.25, -0.2) is 4.39 Å². The molecule has 0 radical (unpaired) electrons. The fraction of sp³-hybridized carbons (Fsp3) is 0.174.